The van der Waals surface area contributed by atoms with Crippen molar-refractivity contribution < 1.29 is 4.39 Å². The molecular formula is C13H15ClFN3S. The molecular weight excluding hydrogens is 285 g/mol. The Morgan fingerprint density at radius 2 is 2.26 bits per heavy atom. The third-order valence-electron chi connectivity index (χ3n) is 2.88. The van der Waals surface area contributed by atoms with Crippen LogP contribution in [0.1, 0.15) is 29.1 Å². The molecule has 102 valence electrons. The van der Waals surface area contributed by atoms with Crippen LogP contribution in [0, 0.1) is 12.7 Å². The van der Waals surface area contributed by atoms with E-state index < -0.39 is 0 Å². The maximum atomic E-state index is 13.5. The van der Waals surface area contributed by atoms with Crippen molar-refractivity contribution in [1.29, 1.82) is 0 Å². The predicted octanol–water partition coefficient (Wildman–Crippen LogP) is 3.53. The monoisotopic (exact) mass is 299 g/mol. The highest BCUT2D eigenvalue weighted by molar-refractivity contribution is 7.05. The first-order valence-corrected chi connectivity index (χ1v) is 7.23. The first-order chi connectivity index (χ1) is 9.11. The molecule has 1 atom stereocenters. The average molecular weight is 300 g/mol. The number of rotatable bonds is 5. The van der Waals surface area contributed by atoms with E-state index in [-0.39, 0.29) is 16.9 Å². The Morgan fingerprint density at radius 1 is 1.47 bits per heavy atom. The van der Waals surface area contributed by atoms with E-state index in [9.17, 15) is 4.39 Å². The van der Waals surface area contributed by atoms with E-state index >= 15 is 0 Å². The second-order valence-corrected chi connectivity index (χ2v) is 5.48. The molecule has 1 aromatic carbocycles. The molecule has 3 nitrogen and oxygen atoms in total. The highest BCUT2D eigenvalue weighted by Gasteiger charge is 2.17. The summed E-state index contributed by atoms with van der Waals surface area (Å²) in [4.78, 5) is 1.09. The molecule has 0 saturated heterocycles. The van der Waals surface area contributed by atoms with Gasteiger partial charge in [0.15, 0.2) is 0 Å². The molecule has 6 heteroatoms. The van der Waals surface area contributed by atoms with Crippen LogP contribution in [0.4, 0.5) is 4.39 Å². The Labute approximate surface area is 121 Å². The van der Waals surface area contributed by atoms with E-state index in [1.165, 1.54) is 17.6 Å². The summed E-state index contributed by atoms with van der Waals surface area (Å²) in [6.07, 6.45) is 0.687. The quantitative estimate of drug-likeness (QED) is 0.918. The Hall–Kier alpha value is -1.04. The third-order valence-corrected chi connectivity index (χ3v) is 4.12. The first-order valence-electron chi connectivity index (χ1n) is 6.08. The molecule has 1 unspecified atom stereocenters. The van der Waals surface area contributed by atoms with Gasteiger partial charge in [-0.1, -0.05) is 29.1 Å². The van der Waals surface area contributed by atoms with Crippen molar-refractivity contribution in [2.75, 3.05) is 6.54 Å². The van der Waals surface area contributed by atoms with Gasteiger partial charge in [0, 0.05) is 6.04 Å². The zero-order valence-electron chi connectivity index (χ0n) is 10.8. The minimum Gasteiger partial charge on any atom is -0.309 e. The SMILES string of the molecule is CCNC(Cc1ccc(Cl)c(F)c1)c1snnc1C. The van der Waals surface area contributed by atoms with Gasteiger partial charge in [0.1, 0.15) is 5.82 Å². The van der Waals surface area contributed by atoms with Crippen LogP contribution in [0.2, 0.25) is 5.02 Å². The predicted molar refractivity (Wildman–Crippen MR) is 76.2 cm³/mol. The summed E-state index contributed by atoms with van der Waals surface area (Å²) in [6.45, 7) is 4.81. The van der Waals surface area contributed by atoms with Gasteiger partial charge in [-0.3, -0.25) is 0 Å². The lowest BCUT2D eigenvalue weighted by molar-refractivity contribution is 0.551. The lowest BCUT2D eigenvalue weighted by Crippen LogP contribution is -2.22. The molecule has 2 rings (SSSR count). The van der Waals surface area contributed by atoms with Gasteiger partial charge in [-0.2, -0.15) is 0 Å². The van der Waals surface area contributed by atoms with Gasteiger partial charge in [-0.05, 0) is 49.1 Å². The van der Waals surface area contributed by atoms with Gasteiger partial charge >= 0.3 is 0 Å². The molecule has 0 fully saturated rings. The largest absolute Gasteiger partial charge is 0.309 e. The summed E-state index contributed by atoms with van der Waals surface area (Å²) >= 11 is 7.08. The maximum Gasteiger partial charge on any atom is 0.142 e. The summed E-state index contributed by atoms with van der Waals surface area (Å²) in [7, 11) is 0. The van der Waals surface area contributed by atoms with Crippen molar-refractivity contribution in [3.05, 3.63) is 45.2 Å². The van der Waals surface area contributed by atoms with Gasteiger partial charge in [-0.15, -0.1) is 5.10 Å². The van der Waals surface area contributed by atoms with E-state index in [1.807, 2.05) is 19.9 Å². The average Bonchev–Trinajstić information content (AvgIpc) is 2.79. The van der Waals surface area contributed by atoms with E-state index in [1.54, 1.807) is 6.07 Å². The summed E-state index contributed by atoms with van der Waals surface area (Å²) in [5.41, 5.74) is 1.83. The summed E-state index contributed by atoms with van der Waals surface area (Å²) in [5, 5.41) is 7.56. The molecule has 0 amide bonds. The first kappa shape index (κ1) is 14.4. The number of hydrogen-bond donors (Lipinski definition) is 1. The fourth-order valence-electron chi connectivity index (χ4n) is 1.96. The molecule has 0 radical (unpaired) electrons. The topological polar surface area (TPSA) is 37.8 Å². The fourth-order valence-corrected chi connectivity index (χ4v) is 2.80. The van der Waals surface area contributed by atoms with Crippen molar-refractivity contribution in [2.24, 2.45) is 0 Å². The molecule has 1 aromatic heterocycles. The molecule has 19 heavy (non-hydrogen) atoms. The number of hydrogen-bond acceptors (Lipinski definition) is 4. The molecule has 0 aliphatic rings. The van der Waals surface area contributed by atoms with Crippen molar-refractivity contribution in [3.8, 4) is 0 Å². The van der Waals surface area contributed by atoms with Crippen LogP contribution in [0.3, 0.4) is 0 Å². The number of aromatic nitrogens is 2. The second-order valence-electron chi connectivity index (χ2n) is 4.29. The lowest BCUT2D eigenvalue weighted by atomic mass is 10.0. The van der Waals surface area contributed by atoms with E-state index in [0.29, 0.717) is 6.42 Å². The number of nitrogens with one attached hydrogen (secondary N) is 1. The highest BCUT2D eigenvalue weighted by atomic mass is 35.5. The Kier molecular flexibility index (Phi) is 4.85. The summed E-state index contributed by atoms with van der Waals surface area (Å²) < 4.78 is 17.4. The molecule has 0 bridgehead atoms. The standard InChI is InChI=1S/C13H15ClFN3S/c1-3-16-12(13-8(2)17-18-19-13)7-9-4-5-10(14)11(15)6-9/h4-6,12,16H,3,7H2,1-2H3. The van der Waals surface area contributed by atoms with Crippen molar-refractivity contribution in [2.45, 2.75) is 26.3 Å². The minimum absolute atomic E-state index is 0.102. The molecule has 0 saturated carbocycles. The van der Waals surface area contributed by atoms with Crippen LogP contribution >= 0.6 is 23.1 Å². The van der Waals surface area contributed by atoms with Crippen LogP contribution < -0.4 is 5.32 Å². The summed E-state index contributed by atoms with van der Waals surface area (Å²) in [6, 6.07) is 5.02. The Morgan fingerprint density at radius 3 is 2.84 bits per heavy atom. The van der Waals surface area contributed by atoms with Crippen LogP contribution in [0.25, 0.3) is 0 Å². The van der Waals surface area contributed by atoms with Crippen molar-refractivity contribution >= 4 is 23.1 Å². The lowest BCUT2D eigenvalue weighted by Gasteiger charge is -2.16. The van der Waals surface area contributed by atoms with Crippen LogP contribution in [-0.4, -0.2) is 16.1 Å². The number of halogens is 2. The smallest absolute Gasteiger partial charge is 0.142 e. The fraction of sp³-hybridized carbons (Fsp3) is 0.385. The van der Waals surface area contributed by atoms with Gasteiger partial charge < -0.3 is 5.32 Å². The normalized spacial score (nSPS) is 12.6. The highest BCUT2D eigenvalue weighted by Crippen LogP contribution is 2.25. The number of nitrogens with zero attached hydrogens (tertiary/aromatic N) is 2. The van der Waals surface area contributed by atoms with Crippen molar-refractivity contribution in [3.63, 3.8) is 0 Å². The minimum atomic E-state index is -0.381. The van der Waals surface area contributed by atoms with Crippen molar-refractivity contribution in [1.82, 2.24) is 14.9 Å². The zero-order valence-corrected chi connectivity index (χ0v) is 12.4. The number of benzene rings is 1. The molecule has 1 N–H and O–H groups in total. The Balaban J connectivity index is 2.21. The number of likely N-dealkylation sites (N-methyl/N-ethyl adjacent to an activating group) is 1. The molecule has 0 spiro atoms. The van der Waals surface area contributed by atoms with Gasteiger partial charge in [0.05, 0.1) is 15.6 Å². The Bertz CT molecular complexity index is 559. The maximum absolute atomic E-state index is 13.5. The van der Waals surface area contributed by atoms with Crippen LogP contribution in [0.15, 0.2) is 18.2 Å². The van der Waals surface area contributed by atoms with E-state index in [0.717, 1.165) is 22.7 Å². The van der Waals surface area contributed by atoms with Gasteiger partial charge in [-0.25, -0.2) is 4.39 Å². The third kappa shape index (κ3) is 3.49. The van der Waals surface area contributed by atoms with Crippen LogP contribution in [0.5, 0.6) is 0 Å². The molecule has 0 aliphatic heterocycles. The summed E-state index contributed by atoms with van der Waals surface area (Å²) in [5.74, 6) is -0.381. The van der Waals surface area contributed by atoms with Crippen LogP contribution in [-0.2, 0) is 6.42 Å². The molecule has 2 aromatic rings. The van der Waals surface area contributed by atoms with Gasteiger partial charge in [0.25, 0.3) is 0 Å². The van der Waals surface area contributed by atoms with E-state index in [2.05, 4.69) is 14.9 Å². The molecule has 1 heterocycles. The number of aryl methyl sites for hydroxylation is 1. The second kappa shape index (κ2) is 6.41. The van der Waals surface area contributed by atoms with Gasteiger partial charge in [0.2, 0.25) is 0 Å². The zero-order chi connectivity index (χ0) is 13.8. The molecule has 0 aliphatic carbocycles. The van der Waals surface area contributed by atoms with E-state index in [4.69, 9.17) is 11.6 Å².